The van der Waals surface area contributed by atoms with Gasteiger partial charge in [0.05, 0.1) is 6.04 Å². The van der Waals surface area contributed by atoms with Crippen LogP contribution in [0, 0.1) is 0 Å². The molecule has 0 spiro atoms. The molecule has 0 fully saturated rings. The molecule has 0 aliphatic carbocycles. The van der Waals surface area contributed by atoms with Crippen molar-refractivity contribution >= 4 is 35.5 Å². The minimum Gasteiger partial charge on any atom is -0.480 e. The number of thioether (sulfide) groups is 1. The molecule has 8 N–H and O–H groups in total. The van der Waals surface area contributed by atoms with E-state index in [-0.39, 0.29) is 6.42 Å². The van der Waals surface area contributed by atoms with Crippen LogP contribution in [0.5, 0.6) is 0 Å². The third-order valence-electron chi connectivity index (χ3n) is 4.04. The summed E-state index contributed by atoms with van der Waals surface area (Å²) in [6.07, 6.45) is 3.86. The van der Waals surface area contributed by atoms with Crippen LogP contribution in [-0.2, 0) is 19.2 Å². The number of nitrogens with two attached hydrogens (primary N) is 2. The number of hydrogen-bond acceptors (Lipinski definition) is 7. The van der Waals surface area contributed by atoms with Gasteiger partial charge in [0.2, 0.25) is 17.7 Å². The Morgan fingerprint density at radius 1 is 0.929 bits per heavy atom. The third-order valence-corrected chi connectivity index (χ3v) is 4.68. The molecule has 0 heterocycles. The van der Waals surface area contributed by atoms with Gasteiger partial charge in [-0.25, -0.2) is 4.79 Å². The van der Waals surface area contributed by atoms with Gasteiger partial charge < -0.3 is 32.5 Å². The predicted octanol–water partition coefficient (Wildman–Crippen LogP) is -1.23. The standard InChI is InChI=1S/C17H33N5O5S/c1-10(21-16(25)12(19)7-9-28-3)14(23)20-11(2)15(24)22-13(17(26)27)6-4-5-8-18/h10-13H,4-9,18-19H2,1-3H3,(H,20,23)(H,21,25)(H,22,24)(H,26,27)/t10-,11-,12-,13-/m0/s1. The quantitative estimate of drug-likeness (QED) is 0.190. The van der Waals surface area contributed by atoms with Crippen LogP contribution in [0.3, 0.4) is 0 Å². The minimum absolute atomic E-state index is 0.249. The average Bonchev–Trinajstić information content (AvgIpc) is 2.64. The maximum absolute atomic E-state index is 12.2. The number of unbranched alkanes of at least 4 members (excludes halogenated alkanes) is 1. The fourth-order valence-corrected chi connectivity index (χ4v) is 2.70. The molecule has 0 unspecified atom stereocenters. The van der Waals surface area contributed by atoms with Crippen LogP contribution in [0.15, 0.2) is 0 Å². The largest absolute Gasteiger partial charge is 0.480 e. The Balaban J connectivity index is 4.54. The molecule has 162 valence electrons. The van der Waals surface area contributed by atoms with Crippen LogP contribution in [0.25, 0.3) is 0 Å². The van der Waals surface area contributed by atoms with Crippen molar-refractivity contribution in [3.8, 4) is 0 Å². The molecule has 4 atom stereocenters. The first kappa shape index (κ1) is 26.1. The number of carbonyl (C=O) groups excluding carboxylic acids is 3. The summed E-state index contributed by atoms with van der Waals surface area (Å²) < 4.78 is 0. The number of aliphatic carboxylic acids is 1. The van der Waals surface area contributed by atoms with Gasteiger partial charge in [-0.05, 0) is 58.1 Å². The molecule has 0 bridgehead atoms. The van der Waals surface area contributed by atoms with E-state index in [1.807, 2.05) is 6.26 Å². The second kappa shape index (κ2) is 14.2. The summed E-state index contributed by atoms with van der Waals surface area (Å²) in [7, 11) is 0. The second-order valence-corrected chi connectivity index (χ2v) is 7.52. The molecular formula is C17H33N5O5S. The van der Waals surface area contributed by atoms with Crippen molar-refractivity contribution in [3.05, 3.63) is 0 Å². The molecule has 0 rings (SSSR count). The fourth-order valence-electron chi connectivity index (χ4n) is 2.21. The summed E-state index contributed by atoms with van der Waals surface area (Å²) in [5, 5.41) is 16.5. The highest BCUT2D eigenvalue weighted by Gasteiger charge is 2.26. The van der Waals surface area contributed by atoms with Crippen LogP contribution >= 0.6 is 11.8 Å². The van der Waals surface area contributed by atoms with E-state index in [0.717, 1.165) is 5.75 Å². The topological polar surface area (TPSA) is 177 Å². The fraction of sp³-hybridized carbons (Fsp3) is 0.765. The zero-order valence-electron chi connectivity index (χ0n) is 16.7. The first-order valence-electron chi connectivity index (χ1n) is 9.22. The highest BCUT2D eigenvalue weighted by molar-refractivity contribution is 7.98. The highest BCUT2D eigenvalue weighted by atomic mass is 32.2. The lowest BCUT2D eigenvalue weighted by molar-refractivity contribution is -0.142. The number of carbonyl (C=O) groups is 4. The predicted molar refractivity (Wildman–Crippen MR) is 109 cm³/mol. The Hall–Kier alpha value is -1.85. The molecular weight excluding hydrogens is 386 g/mol. The van der Waals surface area contributed by atoms with Gasteiger partial charge in [0.1, 0.15) is 18.1 Å². The molecule has 28 heavy (non-hydrogen) atoms. The van der Waals surface area contributed by atoms with Gasteiger partial charge in [-0.1, -0.05) is 0 Å². The molecule has 0 saturated carbocycles. The molecule has 11 heteroatoms. The lowest BCUT2D eigenvalue weighted by Gasteiger charge is -2.21. The number of nitrogens with one attached hydrogen (secondary N) is 3. The maximum Gasteiger partial charge on any atom is 0.326 e. The molecule has 0 aromatic rings. The monoisotopic (exact) mass is 419 g/mol. The maximum atomic E-state index is 12.2. The summed E-state index contributed by atoms with van der Waals surface area (Å²) in [4.78, 5) is 47.6. The van der Waals surface area contributed by atoms with Crippen molar-refractivity contribution in [3.63, 3.8) is 0 Å². The third kappa shape index (κ3) is 10.5. The van der Waals surface area contributed by atoms with E-state index in [1.165, 1.54) is 13.8 Å². The van der Waals surface area contributed by atoms with Crippen LogP contribution in [0.1, 0.15) is 39.5 Å². The van der Waals surface area contributed by atoms with Gasteiger partial charge in [-0.15, -0.1) is 0 Å². The zero-order valence-corrected chi connectivity index (χ0v) is 17.5. The van der Waals surface area contributed by atoms with Crippen molar-refractivity contribution in [2.24, 2.45) is 11.5 Å². The number of carboxylic acids is 1. The minimum atomic E-state index is -1.15. The van der Waals surface area contributed by atoms with Crippen molar-refractivity contribution in [1.29, 1.82) is 0 Å². The normalized spacial score (nSPS) is 15.0. The molecule has 0 saturated heterocycles. The molecule has 0 aliphatic heterocycles. The highest BCUT2D eigenvalue weighted by Crippen LogP contribution is 2.02. The van der Waals surface area contributed by atoms with Crippen molar-refractivity contribution in [2.45, 2.75) is 63.7 Å². The Morgan fingerprint density at radius 2 is 1.46 bits per heavy atom. The SMILES string of the molecule is CSCC[C@H](N)C(=O)N[C@@H](C)C(=O)N[C@@H](C)C(=O)N[C@@H](CCCCN)C(=O)O. The summed E-state index contributed by atoms with van der Waals surface area (Å²) in [5.74, 6) is -2.06. The van der Waals surface area contributed by atoms with E-state index in [4.69, 9.17) is 11.5 Å². The summed E-state index contributed by atoms with van der Waals surface area (Å²) in [6, 6.07) is -3.62. The number of hydrogen-bond donors (Lipinski definition) is 6. The Kier molecular flexibility index (Phi) is 13.3. The lowest BCUT2D eigenvalue weighted by atomic mass is 10.1. The smallest absolute Gasteiger partial charge is 0.326 e. The first-order chi connectivity index (χ1) is 13.1. The van der Waals surface area contributed by atoms with Crippen LogP contribution in [0.4, 0.5) is 0 Å². The van der Waals surface area contributed by atoms with Gasteiger partial charge in [0, 0.05) is 0 Å². The number of rotatable bonds is 14. The van der Waals surface area contributed by atoms with Gasteiger partial charge in [-0.2, -0.15) is 11.8 Å². The summed E-state index contributed by atoms with van der Waals surface area (Å²) >= 11 is 1.57. The van der Waals surface area contributed by atoms with E-state index in [2.05, 4.69) is 16.0 Å². The first-order valence-corrected chi connectivity index (χ1v) is 10.6. The average molecular weight is 420 g/mol. The van der Waals surface area contributed by atoms with Crippen LogP contribution in [-0.4, -0.2) is 71.5 Å². The zero-order chi connectivity index (χ0) is 21.7. The van der Waals surface area contributed by atoms with Gasteiger partial charge in [0.25, 0.3) is 0 Å². The Labute approximate surface area is 169 Å². The Morgan fingerprint density at radius 3 is 1.96 bits per heavy atom. The van der Waals surface area contributed by atoms with Crippen LogP contribution < -0.4 is 27.4 Å². The second-order valence-electron chi connectivity index (χ2n) is 6.53. The molecule has 3 amide bonds. The van der Waals surface area contributed by atoms with Crippen molar-refractivity contribution in [2.75, 3.05) is 18.6 Å². The molecule has 0 aromatic heterocycles. The molecule has 0 aliphatic rings. The molecule has 0 aromatic carbocycles. The summed E-state index contributed by atoms with van der Waals surface area (Å²) in [5.41, 5.74) is 11.1. The lowest BCUT2D eigenvalue weighted by Crippen LogP contribution is -2.55. The molecule has 10 nitrogen and oxygen atoms in total. The van der Waals surface area contributed by atoms with E-state index >= 15 is 0 Å². The van der Waals surface area contributed by atoms with Gasteiger partial charge in [-0.3, -0.25) is 14.4 Å². The number of amides is 3. The van der Waals surface area contributed by atoms with E-state index in [0.29, 0.717) is 25.8 Å². The van der Waals surface area contributed by atoms with Crippen molar-refractivity contribution in [1.82, 2.24) is 16.0 Å². The van der Waals surface area contributed by atoms with E-state index in [1.54, 1.807) is 11.8 Å². The summed E-state index contributed by atoms with van der Waals surface area (Å²) in [6.45, 7) is 3.36. The molecule has 0 radical (unpaired) electrons. The van der Waals surface area contributed by atoms with Crippen molar-refractivity contribution < 1.29 is 24.3 Å². The van der Waals surface area contributed by atoms with E-state index in [9.17, 15) is 24.3 Å². The van der Waals surface area contributed by atoms with Gasteiger partial charge in [0.15, 0.2) is 0 Å². The van der Waals surface area contributed by atoms with Gasteiger partial charge >= 0.3 is 5.97 Å². The Bertz CT molecular complexity index is 534. The van der Waals surface area contributed by atoms with Crippen LogP contribution in [0.2, 0.25) is 0 Å². The number of carboxylic acid groups (broad SMARTS) is 1. The van der Waals surface area contributed by atoms with E-state index < -0.39 is 47.9 Å².